The molecule has 0 bridgehead atoms. The normalized spacial score (nSPS) is 12.6. The zero-order valence-electron chi connectivity index (χ0n) is 19.5. The van der Waals surface area contributed by atoms with Crippen LogP contribution < -0.4 is 10.5 Å². The number of amides is 1. The molecule has 0 saturated carbocycles. The summed E-state index contributed by atoms with van der Waals surface area (Å²) in [6.45, 7) is 5.91. The van der Waals surface area contributed by atoms with E-state index in [0.29, 0.717) is 22.7 Å². The van der Waals surface area contributed by atoms with Crippen LogP contribution in [0.2, 0.25) is 0 Å². The van der Waals surface area contributed by atoms with Gasteiger partial charge in [0.15, 0.2) is 0 Å². The molecule has 0 aliphatic rings. The van der Waals surface area contributed by atoms with Crippen molar-refractivity contribution in [1.82, 2.24) is 25.5 Å². The largest absolute Gasteiger partial charge is 0.361 e. The Kier molecular flexibility index (Phi) is 6.81. The number of sulfonamides is 1. The molecule has 0 fully saturated rings. The molecular formula is C24H26N6O4S. The van der Waals surface area contributed by atoms with Crippen molar-refractivity contribution in [2.45, 2.75) is 38.3 Å². The first-order valence-electron chi connectivity index (χ1n) is 11.0. The topological polar surface area (TPSA) is 146 Å². The van der Waals surface area contributed by atoms with Gasteiger partial charge in [-0.1, -0.05) is 66.7 Å². The first kappa shape index (κ1) is 24.3. The molecule has 3 N–H and O–H groups in total. The fourth-order valence-electron chi connectivity index (χ4n) is 3.79. The number of aromatic nitrogens is 4. The molecule has 4 rings (SSSR count). The zero-order chi connectivity index (χ0) is 25.2. The van der Waals surface area contributed by atoms with Gasteiger partial charge in [-0.3, -0.25) is 4.79 Å². The summed E-state index contributed by atoms with van der Waals surface area (Å²) in [7, 11) is -3.79. The van der Waals surface area contributed by atoms with Crippen molar-refractivity contribution < 1.29 is 17.7 Å². The van der Waals surface area contributed by atoms with Gasteiger partial charge in [0, 0.05) is 23.2 Å². The minimum Gasteiger partial charge on any atom is -0.361 e. The number of carbonyl (C=O) groups excluding carboxylic acids is 1. The highest BCUT2D eigenvalue weighted by atomic mass is 32.2. The molecule has 2 aromatic carbocycles. The van der Waals surface area contributed by atoms with E-state index in [-0.39, 0.29) is 23.3 Å². The van der Waals surface area contributed by atoms with Crippen LogP contribution in [0.3, 0.4) is 0 Å². The molecule has 2 heterocycles. The third-order valence-corrected chi connectivity index (χ3v) is 6.57. The molecule has 0 radical (unpaired) electrons. The number of aryl methyl sites for hydroxylation is 1. The van der Waals surface area contributed by atoms with E-state index in [4.69, 9.17) is 9.66 Å². The summed E-state index contributed by atoms with van der Waals surface area (Å²) in [6, 6.07) is 15.0. The van der Waals surface area contributed by atoms with Crippen molar-refractivity contribution >= 4 is 15.9 Å². The smallest absolute Gasteiger partial charge is 0.245 e. The van der Waals surface area contributed by atoms with Gasteiger partial charge in [-0.2, -0.15) is 0 Å². The first-order chi connectivity index (χ1) is 16.6. The van der Waals surface area contributed by atoms with E-state index in [1.54, 1.807) is 18.3 Å². The van der Waals surface area contributed by atoms with Crippen LogP contribution >= 0.6 is 0 Å². The van der Waals surface area contributed by atoms with Crippen molar-refractivity contribution in [2.75, 3.05) is 0 Å². The van der Waals surface area contributed by atoms with Crippen molar-refractivity contribution in [3.63, 3.8) is 0 Å². The lowest BCUT2D eigenvalue weighted by molar-refractivity contribution is -0.126. The number of nitrogens with zero attached hydrogens (tertiary/aromatic N) is 4. The molecule has 0 aliphatic carbocycles. The van der Waals surface area contributed by atoms with Crippen LogP contribution in [-0.4, -0.2) is 34.5 Å². The molecule has 1 amide bonds. The second kappa shape index (κ2) is 9.80. The van der Waals surface area contributed by atoms with Gasteiger partial charge in [-0.15, -0.1) is 5.10 Å². The van der Waals surface area contributed by atoms with E-state index in [9.17, 15) is 13.2 Å². The quantitative estimate of drug-likeness (QED) is 0.383. The maximum atomic E-state index is 13.2. The van der Waals surface area contributed by atoms with E-state index in [2.05, 4.69) is 20.8 Å². The molecule has 10 nitrogen and oxygen atoms in total. The Morgan fingerprint density at radius 2 is 1.77 bits per heavy atom. The minimum atomic E-state index is -3.79. The Morgan fingerprint density at radius 3 is 2.40 bits per heavy atom. The summed E-state index contributed by atoms with van der Waals surface area (Å²) in [4.78, 5) is 13.2. The van der Waals surface area contributed by atoms with Crippen LogP contribution in [0.25, 0.3) is 22.5 Å². The Labute approximate surface area is 203 Å². The number of rotatable bonds is 8. The number of nitrogens with one attached hydrogen (secondary N) is 1. The molecular weight excluding hydrogens is 468 g/mol. The Morgan fingerprint density at radius 1 is 1.09 bits per heavy atom. The van der Waals surface area contributed by atoms with Gasteiger partial charge >= 0.3 is 0 Å². The summed E-state index contributed by atoms with van der Waals surface area (Å²) < 4.78 is 29.9. The van der Waals surface area contributed by atoms with Gasteiger partial charge < -0.3 is 9.84 Å². The average Bonchev–Trinajstić information content (AvgIpc) is 3.44. The van der Waals surface area contributed by atoms with Crippen LogP contribution in [0.5, 0.6) is 0 Å². The van der Waals surface area contributed by atoms with Crippen LogP contribution in [0.15, 0.2) is 70.2 Å². The van der Waals surface area contributed by atoms with Crippen molar-refractivity contribution in [3.05, 3.63) is 72.1 Å². The van der Waals surface area contributed by atoms with Crippen LogP contribution in [0.4, 0.5) is 0 Å². The lowest BCUT2D eigenvalue weighted by Gasteiger charge is -2.20. The molecule has 0 spiro atoms. The molecule has 0 unspecified atom stereocenters. The van der Waals surface area contributed by atoms with Gasteiger partial charge in [0.2, 0.25) is 15.9 Å². The van der Waals surface area contributed by atoms with Crippen LogP contribution in [-0.2, 0) is 21.4 Å². The summed E-state index contributed by atoms with van der Waals surface area (Å²) in [5.41, 5.74) is 3.56. The highest BCUT2D eigenvalue weighted by Crippen LogP contribution is 2.26. The Hall–Kier alpha value is -3.83. The monoisotopic (exact) mass is 494 g/mol. The molecule has 1 atom stereocenters. The number of carbonyl (C=O) groups is 1. The Balaban J connectivity index is 1.52. The molecule has 35 heavy (non-hydrogen) atoms. The fraction of sp³-hybridized carbons (Fsp3) is 0.250. The second-order valence-corrected chi connectivity index (χ2v) is 10.1. The third kappa shape index (κ3) is 5.31. The fourth-order valence-corrected chi connectivity index (χ4v) is 4.31. The first-order valence-corrected chi connectivity index (χ1v) is 12.5. The van der Waals surface area contributed by atoms with E-state index >= 15 is 0 Å². The SMILES string of the molecule is Cc1onc(-c2ccccc2)c1CNC(=O)[C@H](C(C)C)n1cc(-c2ccc(S(N)(=O)=O)cc2)nn1. The van der Waals surface area contributed by atoms with Gasteiger partial charge in [0.05, 0.1) is 11.1 Å². The number of nitrogens with two attached hydrogens (primary N) is 1. The second-order valence-electron chi connectivity index (χ2n) is 8.49. The summed E-state index contributed by atoms with van der Waals surface area (Å²) in [6.07, 6.45) is 1.66. The number of hydrogen-bond acceptors (Lipinski definition) is 7. The molecule has 0 aliphatic heterocycles. The average molecular weight is 495 g/mol. The van der Waals surface area contributed by atoms with Crippen molar-refractivity contribution in [3.8, 4) is 22.5 Å². The van der Waals surface area contributed by atoms with Crippen molar-refractivity contribution in [1.29, 1.82) is 0 Å². The van der Waals surface area contributed by atoms with Crippen LogP contribution in [0.1, 0.15) is 31.2 Å². The van der Waals surface area contributed by atoms with Gasteiger partial charge in [0.25, 0.3) is 0 Å². The number of primary sulfonamides is 1. The van der Waals surface area contributed by atoms with E-state index < -0.39 is 16.1 Å². The summed E-state index contributed by atoms with van der Waals surface area (Å²) in [5, 5.41) is 20.6. The lowest BCUT2D eigenvalue weighted by atomic mass is 10.0. The maximum Gasteiger partial charge on any atom is 0.245 e. The van der Waals surface area contributed by atoms with E-state index in [1.165, 1.54) is 16.8 Å². The molecule has 4 aromatic rings. The number of benzene rings is 2. The van der Waals surface area contributed by atoms with Crippen molar-refractivity contribution in [2.24, 2.45) is 11.1 Å². The predicted molar refractivity (Wildman–Crippen MR) is 129 cm³/mol. The predicted octanol–water partition coefficient (Wildman–Crippen LogP) is 3.07. The molecule has 0 saturated heterocycles. The molecule has 11 heteroatoms. The van der Waals surface area contributed by atoms with E-state index in [0.717, 1.165) is 11.1 Å². The summed E-state index contributed by atoms with van der Waals surface area (Å²) in [5.74, 6) is 0.336. The standard InChI is InChI=1S/C24H26N6O4S/c1-15(2)23(30-14-21(27-29-30)17-9-11-19(12-10-17)35(25,32)33)24(31)26-13-20-16(3)34-28-22(20)18-7-5-4-6-8-18/h4-12,14-15,23H,13H2,1-3H3,(H,26,31)(H2,25,32,33)/t23-/m0/s1. The minimum absolute atomic E-state index is 0.00646. The highest BCUT2D eigenvalue weighted by molar-refractivity contribution is 7.89. The third-order valence-electron chi connectivity index (χ3n) is 5.65. The molecule has 182 valence electrons. The Bertz CT molecular complexity index is 1430. The van der Waals surface area contributed by atoms with Gasteiger partial charge in [0.1, 0.15) is 23.2 Å². The highest BCUT2D eigenvalue weighted by Gasteiger charge is 2.27. The molecule has 2 aromatic heterocycles. The zero-order valence-corrected chi connectivity index (χ0v) is 20.4. The summed E-state index contributed by atoms with van der Waals surface area (Å²) >= 11 is 0. The number of hydrogen-bond donors (Lipinski definition) is 2. The van der Waals surface area contributed by atoms with Gasteiger partial charge in [-0.05, 0) is 25.0 Å². The maximum absolute atomic E-state index is 13.2. The van der Waals surface area contributed by atoms with Gasteiger partial charge in [-0.25, -0.2) is 18.2 Å². The van der Waals surface area contributed by atoms with Crippen LogP contribution in [0, 0.1) is 12.8 Å². The van der Waals surface area contributed by atoms with E-state index in [1.807, 2.05) is 51.1 Å². The lowest BCUT2D eigenvalue weighted by Crippen LogP contribution is -2.35.